The van der Waals surface area contributed by atoms with E-state index in [1.54, 1.807) is 12.1 Å². The fourth-order valence-corrected chi connectivity index (χ4v) is 2.61. The van der Waals surface area contributed by atoms with Crippen molar-refractivity contribution in [2.45, 2.75) is 18.0 Å². The molecule has 0 heterocycles. The molecule has 6 nitrogen and oxygen atoms in total. The number of benzene rings is 2. The molecule has 0 fully saturated rings. The minimum absolute atomic E-state index is 0.0425. The summed E-state index contributed by atoms with van der Waals surface area (Å²) in [6.45, 7) is 0.709. The molecule has 0 saturated carbocycles. The Bertz CT molecular complexity index is 775. The van der Waals surface area contributed by atoms with E-state index in [2.05, 4.69) is 26.6 Å². The third-order valence-electron chi connectivity index (χ3n) is 3.07. The van der Waals surface area contributed by atoms with Gasteiger partial charge in [0.25, 0.3) is 0 Å². The Morgan fingerprint density at radius 3 is 1.78 bits per heavy atom. The summed E-state index contributed by atoms with van der Waals surface area (Å²) in [5.74, 6) is 0. The summed E-state index contributed by atoms with van der Waals surface area (Å²) >= 11 is 3.35. The van der Waals surface area contributed by atoms with E-state index in [0.29, 0.717) is 6.54 Å². The van der Waals surface area contributed by atoms with Crippen LogP contribution in [0.2, 0.25) is 0 Å². The number of sulfonamides is 1. The molecule has 0 aliphatic rings. The maximum Gasteiger partial charge on any atom is 0.315 e. The van der Waals surface area contributed by atoms with E-state index < -0.39 is 10.0 Å². The standard InChI is InChI=1S/C15H16BrN3O3S/c16-13-5-1-11(2-6-13)9-18-15(20)19-10-12-3-7-14(8-4-12)23(17,21)22/h1-8H,9-10H2,(H2,17,21,22)(H2,18,19,20). The average molecular weight is 398 g/mol. The number of urea groups is 1. The lowest BCUT2D eigenvalue weighted by Gasteiger charge is -2.08. The van der Waals surface area contributed by atoms with Gasteiger partial charge in [-0.15, -0.1) is 0 Å². The predicted octanol–water partition coefficient (Wildman–Crippen LogP) is 2.10. The van der Waals surface area contributed by atoms with Gasteiger partial charge in [-0.2, -0.15) is 0 Å². The lowest BCUT2D eigenvalue weighted by molar-refractivity contribution is 0.240. The molecule has 0 aromatic heterocycles. The topological polar surface area (TPSA) is 101 Å². The molecule has 0 atom stereocenters. The number of carbonyl (C=O) groups excluding carboxylic acids is 1. The first-order chi connectivity index (χ1) is 10.8. The molecule has 4 N–H and O–H groups in total. The summed E-state index contributed by atoms with van der Waals surface area (Å²) in [7, 11) is -3.70. The van der Waals surface area contributed by atoms with Crippen molar-refractivity contribution in [3.05, 3.63) is 64.1 Å². The van der Waals surface area contributed by atoms with E-state index in [-0.39, 0.29) is 17.5 Å². The molecule has 0 saturated heterocycles. The lowest BCUT2D eigenvalue weighted by atomic mass is 10.2. The SMILES string of the molecule is NS(=O)(=O)c1ccc(CNC(=O)NCc2ccc(Br)cc2)cc1. The molecule has 122 valence electrons. The van der Waals surface area contributed by atoms with E-state index in [1.807, 2.05) is 24.3 Å². The van der Waals surface area contributed by atoms with E-state index >= 15 is 0 Å². The van der Waals surface area contributed by atoms with Gasteiger partial charge < -0.3 is 10.6 Å². The molecule has 2 aromatic rings. The second-order valence-electron chi connectivity index (χ2n) is 4.85. The quantitative estimate of drug-likeness (QED) is 0.719. The highest BCUT2D eigenvalue weighted by Gasteiger charge is 2.07. The third kappa shape index (κ3) is 5.66. The molecule has 0 unspecified atom stereocenters. The summed E-state index contributed by atoms with van der Waals surface area (Å²) < 4.78 is 23.3. The molecular weight excluding hydrogens is 382 g/mol. The maximum absolute atomic E-state index is 11.7. The molecular formula is C15H16BrN3O3S. The van der Waals surface area contributed by atoms with Crippen LogP contribution in [0, 0.1) is 0 Å². The van der Waals surface area contributed by atoms with Crippen molar-refractivity contribution >= 4 is 32.0 Å². The van der Waals surface area contributed by atoms with Gasteiger partial charge >= 0.3 is 6.03 Å². The van der Waals surface area contributed by atoms with Crippen LogP contribution in [0.15, 0.2) is 57.9 Å². The minimum Gasteiger partial charge on any atom is -0.334 e. The molecule has 2 aromatic carbocycles. The van der Waals surface area contributed by atoms with Gasteiger partial charge in [-0.1, -0.05) is 40.2 Å². The fraction of sp³-hybridized carbons (Fsp3) is 0.133. The van der Waals surface area contributed by atoms with Crippen molar-refractivity contribution in [1.29, 1.82) is 0 Å². The van der Waals surface area contributed by atoms with Gasteiger partial charge in [0.1, 0.15) is 0 Å². The molecule has 8 heteroatoms. The van der Waals surface area contributed by atoms with Gasteiger partial charge in [-0.05, 0) is 35.4 Å². The third-order valence-corrected chi connectivity index (χ3v) is 4.53. The second-order valence-corrected chi connectivity index (χ2v) is 7.33. The van der Waals surface area contributed by atoms with Crippen LogP contribution in [0.1, 0.15) is 11.1 Å². The molecule has 2 rings (SSSR count). The number of hydrogen-bond donors (Lipinski definition) is 3. The zero-order valence-electron chi connectivity index (χ0n) is 12.1. The summed E-state index contributed by atoms with van der Waals surface area (Å²) in [5.41, 5.74) is 1.76. The Balaban J connectivity index is 1.81. The Kier molecular flexibility index (Phi) is 5.75. The van der Waals surface area contributed by atoms with Crippen molar-refractivity contribution in [3.8, 4) is 0 Å². The monoisotopic (exact) mass is 397 g/mol. The van der Waals surface area contributed by atoms with Crippen molar-refractivity contribution in [3.63, 3.8) is 0 Å². The normalized spacial score (nSPS) is 11.0. The second kappa shape index (κ2) is 7.58. The number of carbonyl (C=O) groups is 1. The number of nitrogens with one attached hydrogen (secondary N) is 2. The molecule has 0 bridgehead atoms. The van der Waals surface area contributed by atoms with Crippen LogP contribution >= 0.6 is 15.9 Å². The molecule has 0 aliphatic carbocycles. The summed E-state index contributed by atoms with van der Waals surface area (Å²) in [4.78, 5) is 11.8. The van der Waals surface area contributed by atoms with Gasteiger partial charge in [-0.25, -0.2) is 18.4 Å². The van der Waals surface area contributed by atoms with Crippen molar-refractivity contribution in [2.75, 3.05) is 0 Å². The predicted molar refractivity (Wildman–Crippen MR) is 91.0 cm³/mol. The van der Waals surface area contributed by atoms with E-state index in [1.165, 1.54) is 12.1 Å². The van der Waals surface area contributed by atoms with Gasteiger partial charge in [0, 0.05) is 17.6 Å². The van der Waals surface area contributed by atoms with Crippen LogP contribution in [-0.2, 0) is 23.1 Å². The molecule has 0 aliphatic heterocycles. The average Bonchev–Trinajstić information content (AvgIpc) is 2.52. The first-order valence-corrected chi connectivity index (χ1v) is 9.06. The van der Waals surface area contributed by atoms with Crippen LogP contribution < -0.4 is 15.8 Å². The Morgan fingerprint density at radius 1 is 0.913 bits per heavy atom. The van der Waals surface area contributed by atoms with Crippen molar-refractivity contribution < 1.29 is 13.2 Å². The van der Waals surface area contributed by atoms with Crippen LogP contribution in [-0.4, -0.2) is 14.4 Å². The first-order valence-electron chi connectivity index (χ1n) is 6.72. The highest BCUT2D eigenvalue weighted by Crippen LogP contribution is 2.10. The van der Waals surface area contributed by atoms with Crippen LogP contribution in [0.4, 0.5) is 4.79 Å². The molecule has 0 spiro atoms. The Hall–Kier alpha value is -1.90. The van der Waals surface area contributed by atoms with Gasteiger partial charge in [0.2, 0.25) is 10.0 Å². The minimum atomic E-state index is -3.70. The summed E-state index contributed by atoms with van der Waals surface area (Å²) in [6, 6.07) is 13.4. The number of primary sulfonamides is 1. The zero-order valence-corrected chi connectivity index (χ0v) is 14.5. The highest BCUT2D eigenvalue weighted by atomic mass is 79.9. The Labute approximate surface area is 143 Å². The maximum atomic E-state index is 11.7. The first kappa shape index (κ1) is 17.5. The smallest absolute Gasteiger partial charge is 0.315 e. The summed E-state index contributed by atoms with van der Waals surface area (Å²) in [5, 5.41) is 10.5. The molecule has 23 heavy (non-hydrogen) atoms. The van der Waals surface area contributed by atoms with Gasteiger partial charge in [0.15, 0.2) is 0 Å². The molecule has 2 amide bonds. The van der Waals surface area contributed by atoms with E-state index in [9.17, 15) is 13.2 Å². The highest BCUT2D eigenvalue weighted by molar-refractivity contribution is 9.10. The van der Waals surface area contributed by atoms with Crippen molar-refractivity contribution in [1.82, 2.24) is 10.6 Å². The Morgan fingerprint density at radius 2 is 1.35 bits per heavy atom. The number of halogens is 1. The zero-order chi connectivity index (χ0) is 16.9. The number of nitrogens with two attached hydrogens (primary N) is 1. The van der Waals surface area contributed by atoms with Crippen LogP contribution in [0.25, 0.3) is 0 Å². The molecule has 0 radical (unpaired) electrons. The van der Waals surface area contributed by atoms with E-state index in [4.69, 9.17) is 5.14 Å². The van der Waals surface area contributed by atoms with Gasteiger partial charge in [0.05, 0.1) is 4.90 Å². The lowest BCUT2D eigenvalue weighted by Crippen LogP contribution is -2.34. The van der Waals surface area contributed by atoms with E-state index in [0.717, 1.165) is 15.6 Å². The number of hydrogen-bond acceptors (Lipinski definition) is 3. The number of amides is 2. The largest absolute Gasteiger partial charge is 0.334 e. The van der Waals surface area contributed by atoms with Crippen molar-refractivity contribution in [2.24, 2.45) is 5.14 Å². The fourth-order valence-electron chi connectivity index (χ4n) is 1.83. The summed E-state index contributed by atoms with van der Waals surface area (Å²) in [6.07, 6.45) is 0. The van der Waals surface area contributed by atoms with Crippen LogP contribution in [0.3, 0.4) is 0 Å². The van der Waals surface area contributed by atoms with Crippen LogP contribution in [0.5, 0.6) is 0 Å². The number of rotatable bonds is 5. The van der Waals surface area contributed by atoms with Gasteiger partial charge in [-0.3, -0.25) is 0 Å².